The number of carbonyl (C=O) groups is 1. The summed E-state index contributed by atoms with van der Waals surface area (Å²) in [7, 11) is -5.03. The maximum Gasteiger partial charge on any atom is 0.257 e. The zero-order valence-corrected chi connectivity index (χ0v) is 15.8. The fourth-order valence-electron chi connectivity index (χ4n) is 1.96. The van der Waals surface area contributed by atoms with Crippen LogP contribution in [0.4, 0.5) is 5.69 Å². The van der Waals surface area contributed by atoms with Gasteiger partial charge in [0.15, 0.2) is 9.84 Å². The summed E-state index contributed by atoms with van der Waals surface area (Å²) in [6.45, 7) is 0. The Morgan fingerprint density at radius 3 is 2.44 bits per heavy atom. The first-order valence-electron chi connectivity index (χ1n) is 6.85. The molecule has 1 amide bonds. The van der Waals surface area contributed by atoms with Gasteiger partial charge in [-0.2, -0.15) is 0 Å². The summed E-state index contributed by atoms with van der Waals surface area (Å²) in [6.07, 6.45) is 1.05. The minimum atomic E-state index is -3.42. The summed E-state index contributed by atoms with van der Waals surface area (Å²) in [4.78, 5) is 12.7. The Labute approximate surface area is 152 Å². The molecule has 0 aliphatic carbocycles. The molecule has 1 atom stereocenters. The van der Waals surface area contributed by atoms with E-state index in [-0.39, 0.29) is 15.5 Å². The first kappa shape index (κ1) is 19.7. The van der Waals surface area contributed by atoms with Crippen molar-refractivity contribution >= 4 is 43.8 Å². The van der Waals surface area contributed by atoms with Crippen LogP contribution in [-0.4, -0.2) is 32.2 Å². The van der Waals surface area contributed by atoms with Crippen molar-refractivity contribution < 1.29 is 21.9 Å². The molecule has 2 aromatic carbocycles. The molecule has 0 aliphatic heterocycles. The quantitative estimate of drug-likeness (QED) is 0.704. The lowest BCUT2D eigenvalue weighted by Crippen LogP contribution is -2.15. The molecule has 4 N–H and O–H groups in total. The van der Waals surface area contributed by atoms with Gasteiger partial charge in [0.25, 0.3) is 5.91 Å². The van der Waals surface area contributed by atoms with Crippen molar-refractivity contribution in [1.29, 1.82) is 0 Å². The number of hydrogen-bond donors (Lipinski definition) is 3. The van der Waals surface area contributed by atoms with E-state index in [9.17, 15) is 17.8 Å². The Hall–Kier alpha value is -1.62. The highest BCUT2D eigenvalue weighted by Gasteiger charge is 2.17. The molecule has 0 saturated heterocycles. The van der Waals surface area contributed by atoms with E-state index in [1.807, 2.05) is 0 Å². The minimum absolute atomic E-state index is 0.00873. The average molecular weight is 405 g/mol. The minimum Gasteiger partial charge on any atom is -0.322 e. The van der Waals surface area contributed by atoms with Crippen molar-refractivity contribution in [2.75, 3.05) is 18.7 Å². The molecule has 1 unspecified atom stereocenters. The summed E-state index contributed by atoms with van der Waals surface area (Å²) in [5.41, 5.74) is 0.487. The summed E-state index contributed by atoms with van der Waals surface area (Å²) in [5.74, 6) is -0.532. The first-order valence-corrected chi connectivity index (χ1v) is 10.7. The van der Waals surface area contributed by atoms with Crippen LogP contribution < -0.4 is 10.5 Å². The topological polar surface area (TPSA) is 119 Å². The van der Waals surface area contributed by atoms with E-state index in [0.29, 0.717) is 10.6 Å². The van der Waals surface area contributed by atoms with Crippen LogP contribution in [0.15, 0.2) is 52.3 Å². The van der Waals surface area contributed by atoms with Gasteiger partial charge in [0.2, 0.25) is 0 Å². The highest BCUT2D eigenvalue weighted by Crippen LogP contribution is 2.45. The number of benzene rings is 2. The van der Waals surface area contributed by atoms with Crippen molar-refractivity contribution in [3.63, 3.8) is 0 Å². The number of hydrogen-bond acceptors (Lipinski definition) is 6. The second-order valence-corrected chi connectivity index (χ2v) is 9.50. The molecule has 0 fully saturated rings. The van der Waals surface area contributed by atoms with Crippen LogP contribution >= 0.6 is 22.4 Å². The Morgan fingerprint density at radius 1 is 1.20 bits per heavy atom. The molecular formula is C15H17ClN2O5S2. The maximum absolute atomic E-state index is 12.4. The molecule has 136 valence electrons. The lowest BCUT2D eigenvalue weighted by molar-refractivity contribution is 0.102. The lowest BCUT2D eigenvalue weighted by Gasteiger charge is -2.31. The Morgan fingerprint density at radius 2 is 1.88 bits per heavy atom. The number of halogens is 1. The van der Waals surface area contributed by atoms with Crippen LogP contribution in [-0.2, 0) is 14.0 Å². The SMILES string of the molecule is COS(N)(O)c1cccc(NC(=O)c2ccc(S(C)(=O)=O)cc2Cl)c1. The number of anilines is 1. The predicted molar refractivity (Wildman–Crippen MR) is 98.6 cm³/mol. The van der Waals surface area contributed by atoms with Crippen molar-refractivity contribution in [3.05, 3.63) is 53.1 Å². The number of nitrogens with two attached hydrogens (primary N) is 1. The van der Waals surface area contributed by atoms with Crippen molar-refractivity contribution in [3.8, 4) is 0 Å². The third-order valence-corrected chi connectivity index (χ3v) is 6.16. The first-order chi connectivity index (χ1) is 11.5. The van der Waals surface area contributed by atoms with Crippen LogP contribution in [0.1, 0.15) is 10.4 Å². The van der Waals surface area contributed by atoms with Crippen LogP contribution in [0.3, 0.4) is 0 Å². The largest absolute Gasteiger partial charge is 0.322 e. The average Bonchev–Trinajstić information content (AvgIpc) is 2.54. The highest BCUT2D eigenvalue weighted by atomic mass is 35.5. The molecule has 0 spiro atoms. The number of sulfone groups is 1. The molecule has 2 rings (SSSR count). The molecule has 0 bridgehead atoms. The van der Waals surface area contributed by atoms with Gasteiger partial charge in [-0.05, 0) is 36.4 Å². The zero-order chi connectivity index (χ0) is 18.8. The van der Waals surface area contributed by atoms with Gasteiger partial charge >= 0.3 is 0 Å². The lowest BCUT2D eigenvalue weighted by atomic mass is 10.2. The van der Waals surface area contributed by atoms with Gasteiger partial charge in [0.05, 0.1) is 27.5 Å². The van der Waals surface area contributed by atoms with E-state index in [0.717, 1.165) is 6.26 Å². The van der Waals surface area contributed by atoms with Crippen molar-refractivity contribution in [1.82, 2.24) is 0 Å². The number of amides is 1. The maximum atomic E-state index is 12.4. The third-order valence-electron chi connectivity index (χ3n) is 3.30. The molecular weight excluding hydrogens is 388 g/mol. The monoisotopic (exact) mass is 404 g/mol. The number of carbonyl (C=O) groups excluding carboxylic acids is 1. The van der Waals surface area contributed by atoms with Crippen LogP contribution in [0.25, 0.3) is 0 Å². The Balaban J connectivity index is 2.28. The van der Waals surface area contributed by atoms with Gasteiger partial charge in [-0.15, -0.1) is 10.8 Å². The molecule has 7 nitrogen and oxygen atoms in total. The zero-order valence-electron chi connectivity index (χ0n) is 13.4. The second kappa shape index (κ2) is 7.32. The van der Waals surface area contributed by atoms with Gasteiger partial charge in [-0.25, -0.2) is 13.6 Å². The van der Waals surface area contributed by atoms with E-state index in [2.05, 4.69) is 5.32 Å². The van der Waals surface area contributed by atoms with Crippen molar-refractivity contribution in [2.24, 2.45) is 5.14 Å². The summed E-state index contributed by atoms with van der Waals surface area (Å²) in [6, 6.07) is 10.1. The van der Waals surface area contributed by atoms with Gasteiger partial charge in [-0.3, -0.25) is 13.5 Å². The summed E-state index contributed by atoms with van der Waals surface area (Å²) < 4.78 is 37.9. The molecule has 0 saturated carbocycles. The third kappa shape index (κ3) is 4.72. The van der Waals surface area contributed by atoms with Gasteiger partial charge in [-0.1, -0.05) is 17.7 Å². The van der Waals surface area contributed by atoms with Crippen LogP contribution in [0.2, 0.25) is 5.02 Å². The van der Waals surface area contributed by atoms with E-state index in [1.54, 1.807) is 18.2 Å². The summed E-state index contributed by atoms with van der Waals surface area (Å²) in [5, 5.41) is 8.28. The van der Waals surface area contributed by atoms with Gasteiger partial charge in [0, 0.05) is 11.9 Å². The standard InChI is InChI=1S/C15H17ClN2O5S2/c1-23-25(17,22)12-5-3-4-10(8-12)18-15(19)13-7-6-11(9-14(13)16)24(2,20)21/h3-9,22H,17H2,1-2H3,(H,18,19). The predicted octanol–water partition coefficient (Wildman–Crippen LogP) is 3.07. The Kier molecular flexibility index (Phi) is 5.77. The van der Waals surface area contributed by atoms with E-state index in [4.69, 9.17) is 20.9 Å². The van der Waals surface area contributed by atoms with E-state index >= 15 is 0 Å². The molecule has 0 aliphatic rings. The van der Waals surface area contributed by atoms with E-state index in [1.165, 1.54) is 31.4 Å². The van der Waals surface area contributed by atoms with Crippen molar-refractivity contribution in [2.45, 2.75) is 9.79 Å². The van der Waals surface area contributed by atoms with Crippen LogP contribution in [0.5, 0.6) is 0 Å². The normalized spacial score (nSPS) is 15.2. The fourth-order valence-corrected chi connectivity index (χ4v) is 3.70. The summed E-state index contributed by atoms with van der Waals surface area (Å²) >= 11 is 6.02. The molecule has 2 aromatic rings. The molecule has 10 heteroatoms. The van der Waals surface area contributed by atoms with Gasteiger partial charge < -0.3 is 5.32 Å². The smallest absolute Gasteiger partial charge is 0.257 e. The highest BCUT2D eigenvalue weighted by molar-refractivity contribution is 8.23. The fraction of sp³-hybridized carbons (Fsp3) is 0.133. The molecule has 25 heavy (non-hydrogen) atoms. The molecule has 0 aromatic heterocycles. The number of rotatable bonds is 5. The van der Waals surface area contributed by atoms with Crippen LogP contribution in [0, 0.1) is 0 Å². The van der Waals surface area contributed by atoms with E-state index < -0.39 is 26.5 Å². The molecule has 0 radical (unpaired) electrons. The van der Waals surface area contributed by atoms with Gasteiger partial charge in [0.1, 0.15) is 0 Å². The second-order valence-electron chi connectivity index (χ2n) is 5.13. The number of nitrogens with one attached hydrogen (secondary N) is 1. The Bertz CT molecular complexity index is 916. The molecule has 0 heterocycles.